The molecule has 1 aromatic carbocycles. The molecule has 1 fully saturated rings. The third kappa shape index (κ3) is 3.50. The summed E-state index contributed by atoms with van der Waals surface area (Å²) in [6.07, 6.45) is 1.69. The second kappa shape index (κ2) is 5.82. The van der Waals surface area contributed by atoms with Gasteiger partial charge in [0, 0.05) is 23.3 Å². The lowest BCUT2D eigenvalue weighted by atomic mass is 9.91. The van der Waals surface area contributed by atoms with E-state index < -0.39 is 5.79 Å². The molecule has 0 saturated carbocycles. The molecule has 0 atom stereocenters. The molecular formula is C16H23ClO2. The number of rotatable bonds is 4. The van der Waals surface area contributed by atoms with Gasteiger partial charge in [-0.05, 0) is 13.3 Å². The van der Waals surface area contributed by atoms with Crippen LogP contribution in [0.2, 0.25) is 0 Å². The number of halogens is 1. The van der Waals surface area contributed by atoms with E-state index in [1.165, 1.54) is 5.56 Å². The van der Waals surface area contributed by atoms with Crippen LogP contribution in [0.4, 0.5) is 0 Å². The summed E-state index contributed by atoms with van der Waals surface area (Å²) in [6, 6.07) is 8.40. The highest BCUT2D eigenvalue weighted by Crippen LogP contribution is 2.39. The van der Waals surface area contributed by atoms with Gasteiger partial charge >= 0.3 is 0 Å². The van der Waals surface area contributed by atoms with E-state index in [-0.39, 0.29) is 5.41 Å². The van der Waals surface area contributed by atoms with E-state index in [9.17, 15) is 0 Å². The number of alkyl halides is 1. The predicted molar refractivity (Wildman–Crippen MR) is 78.5 cm³/mol. The van der Waals surface area contributed by atoms with Gasteiger partial charge in [0.1, 0.15) is 0 Å². The van der Waals surface area contributed by atoms with Gasteiger partial charge in [-0.3, -0.25) is 0 Å². The Kier molecular flexibility index (Phi) is 4.54. The first kappa shape index (κ1) is 14.8. The van der Waals surface area contributed by atoms with Crippen molar-refractivity contribution in [3.63, 3.8) is 0 Å². The van der Waals surface area contributed by atoms with Crippen LogP contribution in [0.3, 0.4) is 0 Å². The molecule has 0 N–H and O–H groups in total. The largest absolute Gasteiger partial charge is 0.345 e. The highest BCUT2D eigenvalue weighted by molar-refractivity contribution is 6.17. The molecule has 3 heteroatoms. The van der Waals surface area contributed by atoms with Crippen molar-refractivity contribution in [3.8, 4) is 0 Å². The maximum absolute atomic E-state index is 6.13. The summed E-state index contributed by atoms with van der Waals surface area (Å²) >= 11 is 5.84. The third-order valence-electron chi connectivity index (χ3n) is 3.52. The zero-order valence-electron chi connectivity index (χ0n) is 12.0. The Hall–Kier alpha value is -0.570. The van der Waals surface area contributed by atoms with Crippen molar-refractivity contribution in [2.45, 2.75) is 39.4 Å². The Morgan fingerprint density at radius 2 is 1.68 bits per heavy atom. The molecule has 0 aromatic heterocycles. The quantitative estimate of drug-likeness (QED) is 0.769. The van der Waals surface area contributed by atoms with Crippen LogP contribution < -0.4 is 0 Å². The molecule has 1 aliphatic rings. The van der Waals surface area contributed by atoms with Gasteiger partial charge in [-0.15, -0.1) is 11.6 Å². The topological polar surface area (TPSA) is 18.5 Å². The molecule has 1 aromatic rings. The van der Waals surface area contributed by atoms with E-state index >= 15 is 0 Å². The summed E-state index contributed by atoms with van der Waals surface area (Å²) in [7, 11) is 0. The van der Waals surface area contributed by atoms with Crippen molar-refractivity contribution >= 4 is 11.6 Å². The van der Waals surface area contributed by atoms with Crippen molar-refractivity contribution in [1.82, 2.24) is 0 Å². The number of ether oxygens (including phenoxy) is 2. The Labute approximate surface area is 121 Å². The molecule has 1 saturated heterocycles. The Morgan fingerprint density at radius 3 is 2.21 bits per heavy atom. The lowest BCUT2D eigenvalue weighted by Crippen LogP contribution is -2.45. The van der Waals surface area contributed by atoms with Gasteiger partial charge in [0.15, 0.2) is 5.79 Å². The lowest BCUT2D eigenvalue weighted by molar-refractivity contribution is -0.311. The predicted octanol–water partition coefficient (Wildman–Crippen LogP) is 4.24. The SMILES string of the molecule is Cc1ccc(C2(CCCCl)OCC(C)(C)CO2)cc1. The van der Waals surface area contributed by atoms with Crippen molar-refractivity contribution in [1.29, 1.82) is 0 Å². The molecule has 1 aliphatic heterocycles. The molecule has 0 spiro atoms. The van der Waals surface area contributed by atoms with Crippen LogP contribution in [0.1, 0.15) is 37.8 Å². The zero-order chi connectivity index (χ0) is 13.9. The zero-order valence-corrected chi connectivity index (χ0v) is 12.8. The van der Waals surface area contributed by atoms with E-state index in [2.05, 4.69) is 45.0 Å². The van der Waals surface area contributed by atoms with Crippen molar-refractivity contribution in [2.24, 2.45) is 5.41 Å². The average molecular weight is 283 g/mol. The summed E-state index contributed by atoms with van der Waals surface area (Å²) in [5.41, 5.74) is 2.42. The number of hydrogen-bond acceptors (Lipinski definition) is 2. The molecule has 0 radical (unpaired) electrons. The van der Waals surface area contributed by atoms with Crippen LogP contribution >= 0.6 is 11.6 Å². The van der Waals surface area contributed by atoms with Crippen LogP contribution in [-0.2, 0) is 15.3 Å². The lowest BCUT2D eigenvalue weighted by Gasteiger charge is -2.44. The molecule has 2 nitrogen and oxygen atoms in total. The fourth-order valence-electron chi connectivity index (χ4n) is 2.27. The fourth-order valence-corrected chi connectivity index (χ4v) is 2.40. The van der Waals surface area contributed by atoms with Crippen molar-refractivity contribution < 1.29 is 9.47 Å². The highest BCUT2D eigenvalue weighted by atomic mass is 35.5. The van der Waals surface area contributed by atoms with Crippen molar-refractivity contribution in [3.05, 3.63) is 35.4 Å². The van der Waals surface area contributed by atoms with E-state index in [0.717, 1.165) is 18.4 Å². The number of aryl methyl sites for hydroxylation is 1. The number of hydrogen-bond donors (Lipinski definition) is 0. The molecule has 106 valence electrons. The molecule has 0 bridgehead atoms. The first-order chi connectivity index (χ1) is 8.97. The van der Waals surface area contributed by atoms with E-state index in [1.807, 2.05) is 0 Å². The van der Waals surface area contributed by atoms with Crippen molar-refractivity contribution in [2.75, 3.05) is 19.1 Å². The van der Waals surface area contributed by atoms with Crippen LogP contribution in [0.15, 0.2) is 24.3 Å². The van der Waals surface area contributed by atoms with Crippen LogP contribution in [0, 0.1) is 12.3 Å². The molecule has 19 heavy (non-hydrogen) atoms. The first-order valence-electron chi connectivity index (χ1n) is 6.88. The van der Waals surface area contributed by atoms with Gasteiger partial charge in [-0.2, -0.15) is 0 Å². The molecular weight excluding hydrogens is 260 g/mol. The second-order valence-electron chi connectivity index (χ2n) is 6.15. The van der Waals surface area contributed by atoms with Gasteiger partial charge in [0.05, 0.1) is 13.2 Å². The van der Waals surface area contributed by atoms with Crippen LogP contribution in [0.25, 0.3) is 0 Å². The van der Waals surface area contributed by atoms with Crippen LogP contribution in [0.5, 0.6) is 0 Å². The summed E-state index contributed by atoms with van der Waals surface area (Å²) in [6.45, 7) is 7.83. The molecule has 1 heterocycles. The first-order valence-corrected chi connectivity index (χ1v) is 7.42. The maximum atomic E-state index is 6.13. The summed E-state index contributed by atoms with van der Waals surface area (Å²) in [4.78, 5) is 0. The summed E-state index contributed by atoms with van der Waals surface area (Å²) in [5, 5.41) is 0. The van der Waals surface area contributed by atoms with E-state index in [0.29, 0.717) is 19.1 Å². The minimum Gasteiger partial charge on any atom is -0.345 e. The fraction of sp³-hybridized carbons (Fsp3) is 0.625. The molecule has 0 aliphatic carbocycles. The van der Waals surface area contributed by atoms with Gasteiger partial charge in [-0.1, -0.05) is 43.7 Å². The minimum absolute atomic E-state index is 0.0785. The van der Waals surface area contributed by atoms with Gasteiger partial charge in [0.25, 0.3) is 0 Å². The van der Waals surface area contributed by atoms with E-state index in [4.69, 9.17) is 21.1 Å². The maximum Gasteiger partial charge on any atom is 0.194 e. The summed E-state index contributed by atoms with van der Waals surface area (Å²) in [5.74, 6) is 0.0157. The average Bonchev–Trinajstić information content (AvgIpc) is 2.39. The monoisotopic (exact) mass is 282 g/mol. The third-order valence-corrected chi connectivity index (χ3v) is 3.79. The second-order valence-corrected chi connectivity index (χ2v) is 6.53. The normalized spacial score (nSPS) is 21.3. The highest BCUT2D eigenvalue weighted by Gasteiger charge is 2.41. The number of benzene rings is 1. The molecule has 2 rings (SSSR count). The van der Waals surface area contributed by atoms with Gasteiger partial charge in [-0.25, -0.2) is 0 Å². The minimum atomic E-state index is -0.613. The Balaban J connectivity index is 2.23. The standard InChI is InChI=1S/C16H23ClO2/c1-13-5-7-14(8-6-13)16(9-4-10-17)18-11-15(2,3)12-19-16/h5-8H,4,9-12H2,1-3H3. The smallest absolute Gasteiger partial charge is 0.194 e. The molecule has 0 amide bonds. The van der Waals surface area contributed by atoms with Crippen LogP contribution in [-0.4, -0.2) is 19.1 Å². The summed E-state index contributed by atoms with van der Waals surface area (Å²) < 4.78 is 12.3. The van der Waals surface area contributed by atoms with E-state index in [1.54, 1.807) is 0 Å². The Morgan fingerprint density at radius 1 is 1.11 bits per heavy atom. The Bertz CT molecular complexity index is 401. The van der Waals surface area contributed by atoms with Gasteiger partial charge in [0.2, 0.25) is 0 Å². The van der Waals surface area contributed by atoms with Gasteiger partial charge < -0.3 is 9.47 Å². The molecule has 0 unspecified atom stereocenters.